The van der Waals surface area contributed by atoms with E-state index in [9.17, 15) is 17.2 Å². The molecule has 0 aliphatic heterocycles. The molecule has 2 aromatic heterocycles. The number of nitrogens with two attached hydrogens (primary N) is 1. The maximum atomic E-state index is 13.6. The summed E-state index contributed by atoms with van der Waals surface area (Å²) < 4.78 is 54.6. The Balaban J connectivity index is 2.11. The van der Waals surface area contributed by atoms with E-state index in [0.717, 1.165) is 12.1 Å². The van der Waals surface area contributed by atoms with Crippen molar-refractivity contribution in [2.24, 2.45) is 0 Å². The van der Waals surface area contributed by atoms with Gasteiger partial charge in [0.15, 0.2) is 22.4 Å². The molecular weight excluding hydrogens is 322 g/mol. The third kappa shape index (κ3) is 2.21. The predicted molar refractivity (Wildman–Crippen MR) is 74.6 cm³/mol. The van der Waals surface area contributed by atoms with Crippen molar-refractivity contribution in [2.75, 3.05) is 10.5 Å². The van der Waals surface area contributed by atoms with Crippen molar-refractivity contribution in [1.82, 2.24) is 9.38 Å². The Hall–Kier alpha value is -2.20. The number of rotatable bonds is 3. The summed E-state index contributed by atoms with van der Waals surface area (Å²) in [5.74, 6) is -2.66. The average molecular weight is 330 g/mol. The molecule has 0 radical (unpaired) electrons. The summed E-state index contributed by atoms with van der Waals surface area (Å²) in [6, 6.07) is 3.19. The first-order valence-corrected chi connectivity index (χ1v) is 7.94. The van der Waals surface area contributed by atoms with Gasteiger partial charge in [0.25, 0.3) is 10.0 Å². The number of thiazole rings is 1. The molecule has 0 bridgehead atoms. The largest absolute Gasteiger partial charge is 0.381 e. The molecule has 3 aromatic rings. The molecule has 110 valence electrons. The van der Waals surface area contributed by atoms with Crippen molar-refractivity contribution >= 4 is 37.8 Å². The summed E-state index contributed by atoms with van der Waals surface area (Å²) in [5, 5.41) is 1.31. The van der Waals surface area contributed by atoms with E-state index in [-0.39, 0.29) is 10.8 Å². The smallest absolute Gasteiger partial charge is 0.281 e. The van der Waals surface area contributed by atoms with Crippen LogP contribution in [0.1, 0.15) is 0 Å². The summed E-state index contributed by atoms with van der Waals surface area (Å²) in [6.07, 6.45) is 1.47. The van der Waals surface area contributed by atoms with Gasteiger partial charge in [0, 0.05) is 11.6 Å². The maximum absolute atomic E-state index is 13.6. The Labute approximate surface area is 121 Å². The van der Waals surface area contributed by atoms with Crippen LogP contribution in [-0.4, -0.2) is 17.8 Å². The summed E-state index contributed by atoms with van der Waals surface area (Å²) in [6.45, 7) is 0. The van der Waals surface area contributed by atoms with Gasteiger partial charge in [-0.25, -0.2) is 13.8 Å². The fourth-order valence-electron chi connectivity index (χ4n) is 1.82. The van der Waals surface area contributed by atoms with Crippen molar-refractivity contribution in [3.8, 4) is 0 Å². The normalized spacial score (nSPS) is 11.9. The SMILES string of the molecule is Nc1nc2sccn2c1S(=O)(=O)Nc1cccc(F)c1F. The van der Waals surface area contributed by atoms with Crippen molar-refractivity contribution in [3.63, 3.8) is 0 Å². The highest BCUT2D eigenvalue weighted by atomic mass is 32.2. The van der Waals surface area contributed by atoms with Crippen LogP contribution < -0.4 is 10.5 Å². The Morgan fingerprint density at radius 2 is 2.10 bits per heavy atom. The Morgan fingerprint density at radius 3 is 2.86 bits per heavy atom. The van der Waals surface area contributed by atoms with Gasteiger partial charge in [-0.3, -0.25) is 9.12 Å². The first kappa shape index (κ1) is 13.8. The van der Waals surface area contributed by atoms with Gasteiger partial charge in [-0.05, 0) is 12.1 Å². The molecule has 3 rings (SSSR count). The van der Waals surface area contributed by atoms with E-state index in [2.05, 4.69) is 4.98 Å². The zero-order valence-corrected chi connectivity index (χ0v) is 11.9. The first-order chi connectivity index (χ1) is 9.90. The van der Waals surface area contributed by atoms with Gasteiger partial charge in [0.05, 0.1) is 5.69 Å². The second kappa shape index (κ2) is 4.67. The summed E-state index contributed by atoms with van der Waals surface area (Å²) in [5.41, 5.74) is 5.09. The molecule has 6 nitrogen and oxygen atoms in total. The zero-order chi connectivity index (χ0) is 15.2. The first-order valence-electron chi connectivity index (χ1n) is 5.58. The number of nitrogens with one attached hydrogen (secondary N) is 1. The fraction of sp³-hybridized carbons (Fsp3) is 0. The highest BCUT2D eigenvalue weighted by Crippen LogP contribution is 2.26. The number of benzene rings is 1. The van der Waals surface area contributed by atoms with Crippen molar-refractivity contribution < 1.29 is 17.2 Å². The van der Waals surface area contributed by atoms with Crippen LogP contribution in [-0.2, 0) is 10.0 Å². The summed E-state index contributed by atoms with van der Waals surface area (Å²) in [4.78, 5) is 4.28. The number of nitrogens with zero attached hydrogens (tertiary/aromatic N) is 2. The Morgan fingerprint density at radius 1 is 1.33 bits per heavy atom. The van der Waals surface area contributed by atoms with Gasteiger partial charge in [0.1, 0.15) is 0 Å². The minimum Gasteiger partial charge on any atom is -0.381 e. The number of anilines is 2. The van der Waals surface area contributed by atoms with Crippen LogP contribution >= 0.6 is 11.3 Å². The molecule has 0 spiro atoms. The molecule has 3 N–H and O–H groups in total. The molecular formula is C11H8F2N4O2S2. The van der Waals surface area contributed by atoms with Gasteiger partial charge in [0.2, 0.25) is 5.03 Å². The third-order valence-corrected chi connectivity index (χ3v) is 4.85. The maximum Gasteiger partial charge on any atom is 0.281 e. The Bertz CT molecular complexity index is 933. The second-order valence-electron chi connectivity index (χ2n) is 4.06. The molecule has 0 saturated carbocycles. The van der Waals surface area contributed by atoms with E-state index in [1.54, 1.807) is 5.38 Å². The lowest BCUT2D eigenvalue weighted by atomic mass is 10.3. The number of hydrogen-bond donors (Lipinski definition) is 2. The van der Waals surface area contributed by atoms with Crippen LogP contribution in [0.5, 0.6) is 0 Å². The molecule has 21 heavy (non-hydrogen) atoms. The highest BCUT2D eigenvalue weighted by Gasteiger charge is 2.26. The van der Waals surface area contributed by atoms with Crippen LogP contribution in [0, 0.1) is 11.6 Å². The topological polar surface area (TPSA) is 89.5 Å². The van der Waals surface area contributed by atoms with E-state index >= 15 is 0 Å². The standard InChI is InChI=1S/C11H8F2N4O2S2/c12-6-2-1-3-7(8(6)13)16-21(18,19)10-9(14)15-11-17(10)4-5-20-11/h1-5,16H,14H2. The van der Waals surface area contributed by atoms with Gasteiger partial charge in [-0.15, -0.1) is 11.3 Å². The minimum absolute atomic E-state index is 0.217. The minimum atomic E-state index is -4.21. The predicted octanol–water partition coefficient (Wildman–Crippen LogP) is 2.06. The lowest BCUT2D eigenvalue weighted by molar-refractivity contribution is 0.511. The zero-order valence-electron chi connectivity index (χ0n) is 10.2. The molecule has 0 saturated heterocycles. The molecule has 2 heterocycles. The number of halogens is 2. The van der Waals surface area contributed by atoms with E-state index in [4.69, 9.17) is 5.73 Å². The molecule has 0 fully saturated rings. The van der Waals surface area contributed by atoms with E-state index < -0.39 is 27.3 Å². The van der Waals surface area contributed by atoms with Gasteiger partial charge in [-0.2, -0.15) is 8.42 Å². The quantitative estimate of drug-likeness (QED) is 0.769. The van der Waals surface area contributed by atoms with Gasteiger partial charge in [-0.1, -0.05) is 6.07 Å². The van der Waals surface area contributed by atoms with Crippen LogP contribution in [0.4, 0.5) is 20.3 Å². The number of nitrogen functional groups attached to an aromatic ring is 1. The molecule has 0 aliphatic carbocycles. The summed E-state index contributed by atoms with van der Waals surface area (Å²) >= 11 is 1.20. The average Bonchev–Trinajstić information content (AvgIpc) is 2.94. The molecule has 0 aliphatic rings. The van der Waals surface area contributed by atoms with Crippen LogP contribution in [0.3, 0.4) is 0 Å². The number of sulfonamides is 1. The molecule has 0 atom stereocenters. The third-order valence-electron chi connectivity index (χ3n) is 2.69. The van der Waals surface area contributed by atoms with Crippen LogP contribution in [0.15, 0.2) is 34.8 Å². The number of imidazole rings is 1. The number of aromatic nitrogens is 2. The lowest BCUT2D eigenvalue weighted by Crippen LogP contribution is -2.17. The highest BCUT2D eigenvalue weighted by molar-refractivity contribution is 7.92. The van der Waals surface area contributed by atoms with Gasteiger partial charge < -0.3 is 5.73 Å². The molecule has 0 amide bonds. The number of hydrogen-bond acceptors (Lipinski definition) is 5. The van der Waals surface area contributed by atoms with Crippen molar-refractivity contribution in [2.45, 2.75) is 5.03 Å². The van der Waals surface area contributed by atoms with Crippen molar-refractivity contribution in [1.29, 1.82) is 0 Å². The monoisotopic (exact) mass is 330 g/mol. The lowest BCUT2D eigenvalue weighted by Gasteiger charge is -2.08. The molecule has 1 aromatic carbocycles. The second-order valence-corrected chi connectivity index (χ2v) is 6.54. The van der Waals surface area contributed by atoms with Gasteiger partial charge >= 0.3 is 0 Å². The molecule has 0 unspecified atom stereocenters. The fourth-order valence-corrected chi connectivity index (χ4v) is 3.87. The van der Waals surface area contributed by atoms with Crippen LogP contribution in [0.2, 0.25) is 0 Å². The van der Waals surface area contributed by atoms with E-state index in [1.807, 2.05) is 4.72 Å². The number of fused-ring (bicyclic) bond motifs is 1. The van der Waals surface area contributed by atoms with E-state index in [0.29, 0.717) is 4.96 Å². The van der Waals surface area contributed by atoms with Crippen LogP contribution in [0.25, 0.3) is 4.96 Å². The molecule has 10 heteroatoms. The van der Waals surface area contributed by atoms with E-state index in [1.165, 1.54) is 28.0 Å². The summed E-state index contributed by atoms with van der Waals surface area (Å²) in [7, 11) is -4.21. The Kier molecular flexibility index (Phi) is 3.06. The van der Waals surface area contributed by atoms with Crippen molar-refractivity contribution in [3.05, 3.63) is 41.4 Å².